The SMILES string of the molecule is C[N+](C)(C)CCOP(=O)(O)OCC(O)CO.OCC(O)CO. The summed E-state index contributed by atoms with van der Waals surface area (Å²) in [5, 5.41) is 41.4. The number of hydrogen-bond acceptors (Lipinski definition) is 8. The van der Waals surface area contributed by atoms with Gasteiger partial charge in [-0.05, 0) is 0 Å². The summed E-state index contributed by atoms with van der Waals surface area (Å²) in [6.07, 6.45) is -2.13. The van der Waals surface area contributed by atoms with E-state index in [1.54, 1.807) is 0 Å². The monoisotopic (exact) mass is 350 g/mol. The van der Waals surface area contributed by atoms with Gasteiger partial charge >= 0.3 is 7.82 Å². The van der Waals surface area contributed by atoms with Crippen LogP contribution >= 0.6 is 7.82 Å². The predicted octanol–water partition coefficient (Wildman–Crippen LogP) is -2.49. The van der Waals surface area contributed by atoms with Gasteiger partial charge in [0, 0.05) is 0 Å². The number of hydrogen-bond donors (Lipinski definition) is 6. The molecule has 0 saturated carbocycles. The maximum absolute atomic E-state index is 11.2. The molecule has 0 aromatic rings. The summed E-state index contributed by atoms with van der Waals surface area (Å²) >= 11 is 0. The Balaban J connectivity index is 0. The molecule has 0 aliphatic heterocycles. The highest BCUT2D eigenvalue weighted by atomic mass is 31.2. The van der Waals surface area contributed by atoms with Crippen molar-refractivity contribution in [3.63, 3.8) is 0 Å². The fourth-order valence-electron chi connectivity index (χ4n) is 0.758. The number of phosphoric acid groups is 1. The van der Waals surface area contributed by atoms with Crippen LogP contribution in [0.25, 0.3) is 0 Å². The zero-order valence-electron chi connectivity index (χ0n) is 13.2. The van der Waals surface area contributed by atoms with Gasteiger partial charge in [-0.15, -0.1) is 0 Å². The number of rotatable bonds is 10. The van der Waals surface area contributed by atoms with E-state index in [1.807, 2.05) is 21.1 Å². The van der Waals surface area contributed by atoms with E-state index >= 15 is 0 Å². The van der Waals surface area contributed by atoms with Crippen molar-refractivity contribution >= 4 is 7.82 Å². The highest BCUT2D eigenvalue weighted by molar-refractivity contribution is 7.47. The Kier molecular flexibility index (Phi) is 13.5. The Hall–Kier alpha value is -0.130. The van der Waals surface area contributed by atoms with Crippen LogP contribution in [0.3, 0.4) is 0 Å². The second-order valence-electron chi connectivity index (χ2n) is 5.47. The number of likely N-dealkylation sites (N-methyl/N-ethyl adjacent to an activating group) is 1. The second-order valence-corrected chi connectivity index (χ2v) is 6.92. The molecule has 0 aliphatic rings. The first-order chi connectivity index (χ1) is 9.97. The van der Waals surface area contributed by atoms with Crippen molar-refractivity contribution < 1.29 is 48.5 Å². The first-order valence-electron chi connectivity index (χ1n) is 6.58. The van der Waals surface area contributed by atoms with Gasteiger partial charge in [0.1, 0.15) is 25.4 Å². The van der Waals surface area contributed by atoms with Crippen molar-refractivity contribution in [3.05, 3.63) is 0 Å². The third-order valence-corrected chi connectivity index (χ3v) is 3.06. The third-order valence-electron chi connectivity index (χ3n) is 2.08. The minimum Gasteiger partial charge on any atom is -0.394 e. The smallest absolute Gasteiger partial charge is 0.394 e. The fraction of sp³-hybridized carbons (Fsp3) is 1.00. The minimum atomic E-state index is -4.13. The summed E-state index contributed by atoms with van der Waals surface area (Å²) in [7, 11) is 1.63. The van der Waals surface area contributed by atoms with Gasteiger partial charge in [0.15, 0.2) is 0 Å². The molecule has 2 atom stereocenters. The van der Waals surface area contributed by atoms with E-state index in [0.29, 0.717) is 11.0 Å². The van der Waals surface area contributed by atoms with Gasteiger partial charge in [-0.25, -0.2) is 4.57 Å². The second kappa shape index (κ2) is 12.3. The van der Waals surface area contributed by atoms with Crippen molar-refractivity contribution in [1.29, 1.82) is 0 Å². The number of phosphoric ester groups is 1. The lowest BCUT2D eigenvalue weighted by atomic mass is 10.4. The molecule has 0 amide bonds. The zero-order valence-corrected chi connectivity index (χ0v) is 14.1. The molecule has 0 aromatic carbocycles. The van der Waals surface area contributed by atoms with E-state index in [2.05, 4.69) is 9.05 Å². The highest BCUT2D eigenvalue weighted by Gasteiger charge is 2.23. The van der Waals surface area contributed by atoms with Crippen molar-refractivity contribution in [2.75, 3.05) is 60.7 Å². The molecule has 22 heavy (non-hydrogen) atoms. The van der Waals surface area contributed by atoms with Crippen molar-refractivity contribution in [2.24, 2.45) is 0 Å². The van der Waals surface area contributed by atoms with Gasteiger partial charge in [-0.2, -0.15) is 0 Å². The Bertz CT molecular complexity index is 306. The largest absolute Gasteiger partial charge is 0.472 e. The zero-order chi connectivity index (χ0) is 17.8. The Labute approximate surface area is 130 Å². The molecular formula is C11H29NO9P+. The van der Waals surface area contributed by atoms with E-state index in [0.717, 1.165) is 0 Å². The van der Waals surface area contributed by atoms with Gasteiger partial charge < -0.3 is 34.9 Å². The minimum absolute atomic E-state index is 0.0759. The summed E-state index contributed by atoms with van der Waals surface area (Å²) in [6, 6.07) is 0. The Morgan fingerprint density at radius 2 is 1.41 bits per heavy atom. The molecule has 11 heteroatoms. The van der Waals surface area contributed by atoms with Crippen molar-refractivity contribution in [2.45, 2.75) is 12.2 Å². The van der Waals surface area contributed by atoms with Crippen LogP contribution in [-0.2, 0) is 13.6 Å². The molecule has 0 heterocycles. The van der Waals surface area contributed by atoms with Gasteiger partial charge in [-0.3, -0.25) is 9.05 Å². The summed E-state index contributed by atoms with van der Waals surface area (Å²) in [4.78, 5) is 9.17. The van der Waals surface area contributed by atoms with E-state index in [9.17, 15) is 4.57 Å². The molecule has 0 aliphatic carbocycles. The van der Waals surface area contributed by atoms with Crippen molar-refractivity contribution in [1.82, 2.24) is 0 Å². The summed E-state index contributed by atoms with van der Waals surface area (Å²) in [6.45, 7) is -1.07. The first kappa shape index (κ1) is 24.1. The lowest BCUT2D eigenvalue weighted by molar-refractivity contribution is -0.870. The van der Waals surface area contributed by atoms with Crippen molar-refractivity contribution in [3.8, 4) is 0 Å². The molecule has 0 saturated heterocycles. The van der Waals surface area contributed by atoms with Gasteiger partial charge in [0.05, 0.1) is 47.6 Å². The van der Waals surface area contributed by atoms with Crippen LogP contribution in [0, 0.1) is 0 Å². The summed E-state index contributed by atoms with van der Waals surface area (Å²) in [5.74, 6) is 0. The van der Waals surface area contributed by atoms with Crippen LogP contribution in [0.2, 0.25) is 0 Å². The van der Waals surface area contributed by atoms with E-state index in [1.165, 1.54) is 0 Å². The molecule has 10 nitrogen and oxygen atoms in total. The van der Waals surface area contributed by atoms with Crippen LogP contribution in [0.5, 0.6) is 0 Å². The molecule has 0 radical (unpaired) electrons. The maximum atomic E-state index is 11.2. The van der Waals surface area contributed by atoms with Crippen LogP contribution in [0.1, 0.15) is 0 Å². The average molecular weight is 350 g/mol. The molecule has 0 rings (SSSR count). The first-order valence-corrected chi connectivity index (χ1v) is 8.08. The normalized spacial score (nSPS) is 15.9. The number of aliphatic hydroxyl groups is 5. The third kappa shape index (κ3) is 17.9. The predicted molar refractivity (Wildman–Crippen MR) is 77.9 cm³/mol. The average Bonchev–Trinajstić information content (AvgIpc) is 2.42. The Morgan fingerprint density at radius 1 is 0.955 bits per heavy atom. The molecule has 6 N–H and O–H groups in total. The fourth-order valence-corrected chi connectivity index (χ4v) is 1.51. The molecule has 0 bridgehead atoms. The topological polar surface area (TPSA) is 157 Å². The number of nitrogens with zero attached hydrogens (tertiary/aromatic N) is 1. The lowest BCUT2D eigenvalue weighted by Crippen LogP contribution is -2.37. The molecule has 0 fully saturated rings. The lowest BCUT2D eigenvalue weighted by Gasteiger charge is -2.24. The van der Waals surface area contributed by atoms with Crippen LogP contribution in [0.15, 0.2) is 0 Å². The highest BCUT2D eigenvalue weighted by Crippen LogP contribution is 2.42. The molecule has 136 valence electrons. The van der Waals surface area contributed by atoms with Crippen LogP contribution < -0.4 is 0 Å². The van der Waals surface area contributed by atoms with Crippen LogP contribution in [-0.4, -0.2) is 108 Å². The van der Waals surface area contributed by atoms with E-state index in [4.69, 9.17) is 30.4 Å². The summed E-state index contributed by atoms with van der Waals surface area (Å²) in [5.41, 5.74) is 0. The molecule has 0 aromatic heterocycles. The number of aliphatic hydroxyl groups excluding tert-OH is 5. The van der Waals surface area contributed by atoms with E-state index < -0.39 is 33.2 Å². The molecular weight excluding hydrogens is 321 g/mol. The standard InChI is InChI=1S/C8H20NO6P.C3H8O3/c1-9(2,3)4-5-14-16(12,13)15-7-8(11)6-10;4-1-3(6)2-5/h8,10-11H,4-7H2,1-3H3;3-6H,1-2H2/p+1. The molecule has 2 unspecified atom stereocenters. The van der Waals surface area contributed by atoms with Gasteiger partial charge in [0.25, 0.3) is 0 Å². The van der Waals surface area contributed by atoms with Gasteiger partial charge in [0.2, 0.25) is 0 Å². The van der Waals surface area contributed by atoms with Gasteiger partial charge in [-0.1, -0.05) is 0 Å². The molecule has 0 spiro atoms. The summed E-state index contributed by atoms with van der Waals surface area (Å²) < 4.78 is 21.0. The number of quaternary nitrogens is 1. The van der Waals surface area contributed by atoms with Crippen LogP contribution in [0.4, 0.5) is 0 Å². The quantitative estimate of drug-likeness (QED) is 0.185. The maximum Gasteiger partial charge on any atom is 0.472 e. The Morgan fingerprint density at radius 3 is 1.73 bits per heavy atom. The van der Waals surface area contributed by atoms with E-state index in [-0.39, 0.29) is 19.8 Å².